The molecular weight excluding hydrogens is 436 g/mol. The number of aromatic amines is 1. The van der Waals surface area contributed by atoms with Crippen LogP contribution in [-0.4, -0.2) is 69.1 Å². The fourth-order valence-corrected chi connectivity index (χ4v) is 3.68. The van der Waals surface area contributed by atoms with Gasteiger partial charge in [0.05, 0.1) is 6.04 Å². The number of hydrogen-bond donors (Lipinski definition) is 6. The molecule has 1 aromatic heterocycles. The van der Waals surface area contributed by atoms with E-state index < -0.39 is 41.9 Å². The molecule has 10 nitrogen and oxygen atoms in total. The van der Waals surface area contributed by atoms with E-state index >= 15 is 0 Å². The number of carboxylic acid groups (broad SMARTS) is 2. The monoisotopic (exact) mass is 464 g/mol. The van der Waals surface area contributed by atoms with Crippen LogP contribution in [0.25, 0.3) is 10.9 Å². The summed E-state index contributed by atoms with van der Waals surface area (Å²) in [6.45, 7) is 0. The zero-order valence-corrected chi connectivity index (χ0v) is 18.5. The summed E-state index contributed by atoms with van der Waals surface area (Å²) in [5.41, 5.74) is 7.78. The standard InChI is InChI=1S/C21H28N4O6S/c1-32-9-8-17(21(30)31)25-20(29)16(6-7-18(26)27)24-19(28)14(22)10-12-11-23-15-5-3-2-4-13(12)15/h2-5,11,14,16-17,23H,6-10,22H2,1H3,(H,24,28)(H,25,29)(H,26,27)(H,30,31). The van der Waals surface area contributed by atoms with Crippen LogP contribution in [0.4, 0.5) is 0 Å². The van der Waals surface area contributed by atoms with Crippen LogP contribution < -0.4 is 16.4 Å². The van der Waals surface area contributed by atoms with E-state index in [9.17, 15) is 24.3 Å². The van der Waals surface area contributed by atoms with Crippen LogP contribution in [0.15, 0.2) is 30.5 Å². The van der Waals surface area contributed by atoms with Crippen molar-refractivity contribution in [1.29, 1.82) is 0 Å². The zero-order chi connectivity index (χ0) is 23.7. The predicted molar refractivity (Wildman–Crippen MR) is 121 cm³/mol. The second-order valence-corrected chi connectivity index (χ2v) is 8.33. The van der Waals surface area contributed by atoms with Gasteiger partial charge < -0.3 is 31.6 Å². The third kappa shape index (κ3) is 7.27. The molecular formula is C21H28N4O6S. The van der Waals surface area contributed by atoms with Crippen LogP contribution >= 0.6 is 11.8 Å². The molecule has 2 aromatic rings. The molecule has 0 aliphatic rings. The minimum absolute atomic E-state index is 0.193. The third-order valence-corrected chi connectivity index (χ3v) is 5.60. The molecule has 0 aliphatic heterocycles. The summed E-state index contributed by atoms with van der Waals surface area (Å²) < 4.78 is 0. The second kappa shape index (κ2) is 12.1. The highest BCUT2D eigenvalue weighted by Crippen LogP contribution is 2.18. The maximum atomic E-state index is 12.7. The number of fused-ring (bicyclic) bond motifs is 1. The van der Waals surface area contributed by atoms with Crippen molar-refractivity contribution >= 4 is 46.4 Å². The van der Waals surface area contributed by atoms with E-state index in [-0.39, 0.29) is 25.7 Å². The van der Waals surface area contributed by atoms with Gasteiger partial charge in [-0.05, 0) is 42.9 Å². The van der Waals surface area contributed by atoms with Gasteiger partial charge in [-0.3, -0.25) is 14.4 Å². The number of nitrogens with two attached hydrogens (primary N) is 1. The Morgan fingerprint density at radius 2 is 1.75 bits per heavy atom. The maximum absolute atomic E-state index is 12.7. The number of para-hydroxylation sites is 1. The summed E-state index contributed by atoms with van der Waals surface area (Å²) in [5.74, 6) is -3.22. The molecule has 1 heterocycles. The molecule has 1 aromatic carbocycles. The van der Waals surface area contributed by atoms with Crippen LogP contribution in [0, 0.1) is 0 Å². The number of aromatic nitrogens is 1. The van der Waals surface area contributed by atoms with Crippen molar-refractivity contribution in [3.8, 4) is 0 Å². The lowest BCUT2D eigenvalue weighted by Crippen LogP contribution is -2.55. The molecule has 3 unspecified atom stereocenters. The van der Waals surface area contributed by atoms with E-state index in [1.165, 1.54) is 11.8 Å². The van der Waals surface area contributed by atoms with E-state index in [4.69, 9.17) is 10.8 Å². The van der Waals surface area contributed by atoms with Gasteiger partial charge in [-0.2, -0.15) is 11.8 Å². The number of amides is 2. The number of carbonyl (C=O) groups excluding carboxylic acids is 2. The number of carbonyl (C=O) groups is 4. The van der Waals surface area contributed by atoms with E-state index in [0.717, 1.165) is 16.5 Å². The smallest absolute Gasteiger partial charge is 0.326 e. The topological polar surface area (TPSA) is 175 Å². The summed E-state index contributed by atoms with van der Waals surface area (Å²) in [4.78, 5) is 50.8. The molecule has 2 amide bonds. The fraction of sp³-hybridized carbons (Fsp3) is 0.429. The van der Waals surface area contributed by atoms with Gasteiger partial charge >= 0.3 is 11.9 Å². The summed E-state index contributed by atoms with van der Waals surface area (Å²) in [6, 6.07) is 4.20. The normalized spacial score (nSPS) is 13.8. The van der Waals surface area contributed by atoms with Gasteiger partial charge in [0.15, 0.2) is 0 Å². The number of thioether (sulfide) groups is 1. The first-order valence-electron chi connectivity index (χ1n) is 10.1. The lowest BCUT2D eigenvalue weighted by molar-refractivity contribution is -0.143. The van der Waals surface area contributed by atoms with Crippen LogP contribution in [-0.2, 0) is 25.6 Å². The highest BCUT2D eigenvalue weighted by molar-refractivity contribution is 7.98. The molecule has 174 valence electrons. The van der Waals surface area contributed by atoms with E-state index in [0.29, 0.717) is 5.75 Å². The number of nitrogens with one attached hydrogen (secondary N) is 3. The number of hydrogen-bond acceptors (Lipinski definition) is 6. The minimum atomic E-state index is -1.22. The van der Waals surface area contributed by atoms with Crippen molar-refractivity contribution in [3.63, 3.8) is 0 Å². The molecule has 0 fully saturated rings. The summed E-state index contributed by atoms with van der Waals surface area (Å²) in [6.07, 6.45) is 3.40. The summed E-state index contributed by atoms with van der Waals surface area (Å²) >= 11 is 1.43. The number of benzene rings is 1. The summed E-state index contributed by atoms with van der Waals surface area (Å²) in [7, 11) is 0. The first kappa shape index (κ1) is 25.2. The van der Waals surface area contributed by atoms with Gasteiger partial charge in [-0.15, -0.1) is 0 Å². The van der Waals surface area contributed by atoms with E-state index in [1.807, 2.05) is 30.5 Å². The minimum Gasteiger partial charge on any atom is -0.481 e. The van der Waals surface area contributed by atoms with Crippen molar-refractivity contribution in [2.75, 3.05) is 12.0 Å². The molecule has 3 atom stereocenters. The van der Waals surface area contributed by atoms with Crippen LogP contribution in [0.3, 0.4) is 0 Å². The molecule has 0 spiro atoms. The van der Waals surface area contributed by atoms with Crippen molar-refractivity contribution in [2.24, 2.45) is 5.73 Å². The van der Waals surface area contributed by atoms with Gasteiger partial charge in [0, 0.05) is 23.5 Å². The van der Waals surface area contributed by atoms with Gasteiger partial charge in [0.1, 0.15) is 12.1 Å². The summed E-state index contributed by atoms with van der Waals surface area (Å²) in [5, 5.41) is 24.1. The lowest BCUT2D eigenvalue weighted by atomic mass is 10.0. The predicted octanol–water partition coefficient (Wildman–Crippen LogP) is 0.710. The lowest BCUT2D eigenvalue weighted by Gasteiger charge is -2.22. The Morgan fingerprint density at radius 1 is 1.06 bits per heavy atom. The average Bonchev–Trinajstić information content (AvgIpc) is 3.16. The van der Waals surface area contributed by atoms with Crippen molar-refractivity contribution in [1.82, 2.24) is 15.6 Å². The highest BCUT2D eigenvalue weighted by Gasteiger charge is 2.28. The molecule has 0 aliphatic carbocycles. The Bertz CT molecular complexity index is 963. The van der Waals surface area contributed by atoms with Crippen molar-refractivity contribution in [2.45, 2.75) is 43.8 Å². The Morgan fingerprint density at radius 3 is 2.41 bits per heavy atom. The molecule has 11 heteroatoms. The number of carboxylic acids is 2. The average molecular weight is 465 g/mol. The number of rotatable bonds is 13. The molecule has 0 bridgehead atoms. The van der Waals surface area contributed by atoms with Crippen LogP contribution in [0.5, 0.6) is 0 Å². The maximum Gasteiger partial charge on any atom is 0.326 e. The number of H-pyrrole nitrogens is 1. The van der Waals surface area contributed by atoms with Gasteiger partial charge in [-0.1, -0.05) is 18.2 Å². The SMILES string of the molecule is CSCCC(NC(=O)C(CCC(=O)O)NC(=O)C(N)Cc1c[nH]c2ccccc12)C(=O)O. The Labute approximate surface area is 189 Å². The molecule has 32 heavy (non-hydrogen) atoms. The Hall–Kier alpha value is -3.05. The van der Waals surface area contributed by atoms with E-state index in [1.54, 1.807) is 6.20 Å². The molecule has 0 saturated carbocycles. The van der Waals surface area contributed by atoms with Crippen LogP contribution in [0.2, 0.25) is 0 Å². The zero-order valence-electron chi connectivity index (χ0n) is 17.7. The van der Waals surface area contributed by atoms with Crippen molar-refractivity contribution in [3.05, 3.63) is 36.0 Å². The largest absolute Gasteiger partial charge is 0.481 e. The Kier molecular flexibility index (Phi) is 9.54. The molecule has 2 rings (SSSR count). The van der Waals surface area contributed by atoms with Crippen molar-refractivity contribution < 1.29 is 29.4 Å². The fourth-order valence-electron chi connectivity index (χ4n) is 3.21. The van der Waals surface area contributed by atoms with Gasteiger partial charge in [0.25, 0.3) is 0 Å². The molecule has 0 radical (unpaired) electrons. The first-order chi connectivity index (χ1) is 15.2. The van der Waals surface area contributed by atoms with Crippen LogP contribution in [0.1, 0.15) is 24.8 Å². The molecule has 0 saturated heterocycles. The first-order valence-corrected chi connectivity index (χ1v) is 11.5. The second-order valence-electron chi connectivity index (χ2n) is 7.34. The third-order valence-electron chi connectivity index (χ3n) is 4.96. The Balaban J connectivity index is 2.06. The van der Waals surface area contributed by atoms with Gasteiger partial charge in [-0.25, -0.2) is 4.79 Å². The van der Waals surface area contributed by atoms with E-state index in [2.05, 4.69) is 15.6 Å². The quantitative estimate of drug-likeness (QED) is 0.251. The number of aliphatic carboxylic acids is 2. The molecule has 7 N–H and O–H groups in total. The van der Waals surface area contributed by atoms with Gasteiger partial charge in [0.2, 0.25) is 11.8 Å². The highest BCUT2D eigenvalue weighted by atomic mass is 32.2.